The molecule has 2 aromatic rings. The van der Waals surface area contributed by atoms with Crippen molar-refractivity contribution in [2.75, 3.05) is 30.7 Å². The molecule has 5 nitrogen and oxygen atoms in total. The zero-order valence-corrected chi connectivity index (χ0v) is 14.4. The van der Waals surface area contributed by atoms with Gasteiger partial charge < -0.3 is 16.4 Å². The fraction of sp³-hybridized carbons (Fsp3) is 0.300. The Balaban J connectivity index is 1.68. The third-order valence-electron chi connectivity index (χ3n) is 4.13. The first-order valence-corrected chi connectivity index (χ1v) is 8.39. The molecule has 4 N–H and O–H groups in total. The van der Waals surface area contributed by atoms with Crippen molar-refractivity contribution in [2.24, 2.45) is 0 Å². The standard InChI is InChI=1S/C20H23N5/c1-15(17-8-6-16(12-21)7-9-17)14-24-10-3-11-25-19-5-2-4-18(13-22)20(19)23/h2,4-9,15,24-25H,3,10-11,14,23H2,1H3. The molecule has 2 rings (SSSR count). The Labute approximate surface area is 149 Å². The van der Waals surface area contributed by atoms with Crippen LogP contribution in [-0.2, 0) is 0 Å². The first-order valence-electron chi connectivity index (χ1n) is 8.39. The Hall–Kier alpha value is -3.02. The molecule has 0 radical (unpaired) electrons. The Morgan fingerprint density at radius 3 is 2.48 bits per heavy atom. The van der Waals surface area contributed by atoms with E-state index < -0.39 is 0 Å². The average molecular weight is 333 g/mol. The molecule has 0 amide bonds. The lowest BCUT2D eigenvalue weighted by Crippen LogP contribution is -2.23. The number of hydrogen-bond donors (Lipinski definition) is 3. The number of para-hydroxylation sites is 1. The molecule has 5 heteroatoms. The van der Waals surface area contributed by atoms with Crippen molar-refractivity contribution in [3.63, 3.8) is 0 Å². The van der Waals surface area contributed by atoms with Gasteiger partial charge in [0, 0.05) is 13.1 Å². The number of nitrogens with one attached hydrogen (secondary N) is 2. The zero-order chi connectivity index (χ0) is 18.1. The second kappa shape index (κ2) is 9.32. The normalized spacial score (nSPS) is 11.3. The van der Waals surface area contributed by atoms with E-state index >= 15 is 0 Å². The summed E-state index contributed by atoms with van der Waals surface area (Å²) in [6.07, 6.45) is 0.955. The minimum absolute atomic E-state index is 0.392. The first kappa shape index (κ1) is 18.3. The van der Waals surface area contributed by atoms with Crippen LogP contribution in [0.25, 0.3) is 0 Å². The van der Waals surface area contributed by atoms with Crippen LogP contribution in [-0.4, -0.2) is 19.6 Å². The smallest absolute Gasteiger partial charge is 0.101 e. The number of benzene rings is 2. The van der Waals surface area contributed by atoms with Crippen LogP contribution in [0.4, 0.5) is 11.4 Å². The molecule has 25 heavy (non-hydrogen) atoms. The van der Waals surface area contributed by atoms with Crippen molar-refractivity contribution in [3.8, 4) is 12.1 Å². The van der Waals surface area contributed by atoms with E-state index in [1.54, 1.807) is 6.07 Å². The van der Waals surface area contributed by atoms with E-state index in [-0.39, 0.29) is 0 Å². The van der Waals surface area contributed by atoms with Gasteiger partial charge in [-0.2, -0.15) is 10.5 Å². The van der Waals surface area contributed by atoms with Gasteiger partial charge in [-0.3, -0.25) is 0 Å². The highest BCUT2D eigenvalue weighted by atomic mass is 14.9. The summed E-state index contributed by atoms with van der Waals surface area (Å²) in [7, 11) is 0. The van der Waals surface area contributed by atoms with E-state index in [0.29, 0.717) is 22.7 Å². The van der Waals surface area contributed by atoms with Crippen molar-refractivity contribution in [1.82, 2.24) is 5.32 Å². The lowest BCUT2D eigenvalue weighted by atomic mass is 10.00. The van der Waals surface area contributed by atoms with Crippen molar-refractivity contribution < 1.29 is 0 Å². The summed E-state index contributed by atoms with van der Waals surface area (Å²) in [6.45, 7) is 4.74. The third-order valence-corrected chi connectivity index (χ3v) is 4.13. The van der Waals surface area contributed by atoms with Crippen LogP contribution in [0.2, 0.25) is 0 Å². The van der Waals surface area contributed by atoms with E-state index in [4.69, 9.17) is 16.3 Å². The highest BCUT2D eigenvalue weighted by Crippen LogP contribution is 2.21. The summed E-state index contributed by atoms with van der Waals surface area (Å²) in [6, 6.07) is 17.4. The lowest BCUT2D eigenvalue weighted by Gasteiger charge is -2.14. The molecule has 0 saturated heterocycles. The third kappa shape index (κ3) is 5.24. The van der Waals surface area contributed by atoms with Gasteiger partial charge >= 0.3 is 0 Å². The summed E-state index contributed by atoms with van der Waals surface area (Å²) in [4.78, 5) is 0. The summed E-state index contributed by atoms with van der Waals surface area (Å²) in [5.41, 5.74) is 9.67. The Morgan fingerprint density at radius 1 is 1.04 bits per heavy atom. The second-order valence-corrected chi connectivity index (χ2v) is 6.00. The van der Waals surface area contributed by atoms with Crippen LogP contribution < -0.4 is 16.4 Å². The number of nitriles is 2. The minimum atomic E-state index is 0.392. The predicted octanol–water partition coefficient (Wildman–Crippen LogP) is 3.21. The SMILES string of the molecule is CC(CNCCCNc1cccc(C#N)c1N)c1ccc(C#N)cc1. The van der Waals surface area contributed by atoms with E-state index in [1.807, 2.05) is 36.4 Å². The van der Waals surface area contributed by atoms with E-state index in [9.17, 15) is 0 Å². The van der Waals surface area contributed by atoms with Gasteiger partial charge in [0.05, 0.1) is 28.6 Å². The van der Waals surface area contributed by atoms with Gasteiger partial charge in [0.1, 0.15) is 6.07 Å². The molecule has 0 bridgehead atoms. The molecular formula is C20H23N5. The topological polar surface area (TPSA) is 97.7 Å². The van der Waals surface area contributed by atoms with Gasteiger partial charge in [-0.25, -0.2) is 0 Å². The molecule has 0 aromatic heterocycles. The second-order valence-electron chi connectivity index (χ2n) is 6.00. The molecule has 1 unspecified atom stereocenters. The summed E-state index contributed by atoms with van der Waals surface area (Å²) >= 11 is 0. The van der Waals surface area contributed by atoms with Crippen LogP contribution in [0.15, 0.2) is 42.5 Å². The minimum Gasteiger partial charge on any atom is -0.396 e. The molecule has 0 aliphatic heterocycles. The number of nitrogen functional groups attached to an aromatic ring is 1. The Bertz CT molecular complexity index is 768. The summed E-state index contributed by atoms with van der Waals surface area (Å²) < 4.78 is 0. The van der Waals surface area contributed by atoms with Crippen LogP contribution in [0.1, 0.15) is 36.0 Å². The maximum atomic E-state index is 8.98. The fourth-order valence-corrected chi connectivity index (χ4v) is 2.58. The quantitative estimate of drug-likeness (QED) is 0.509. The molecule has 1 atom stereocenters. The van der Waals surface area contributed by atoms with Crippen molar-refractivity contribution in [1.29, 1.82) is 10.5 Å². The van der Waals surface area contributed by atoms with Gasteiger partial charge in [-0.05, 0) is 48.7 Å². The van der Waals surface area contributed by atoms with Crippen LogP contribution in [0.5, 0.6) is 0 Å². The van der Waals surface area contributed by atoms with Crippen LogP contribution in [0.3, 0.4) is 0 Å². The van der Waals surface area contributed by atoms with Crippen molar-refractivity contribution >= 4 is 11.4 Å². The van der Waals surface area contributed by atoms with Crippen molar-refractivity contribution in [3.05, 3.63) is 59.2 Å². The molecule has 0 aliphatic rings. The number of nitrogens with zero attached hydrogens (tertiary/aromatic N) is 2. The molecule has 0 spiro atoms. The van der Waals surface area contributed by atoms with Gasteiger partial charge in [-0.1, -0.05) is 25.1 Å². The predicted molar refractivity (Wildman–Crippen MR) is 101 cm³/mol. The largest absolute Gasteiger partial charge is 0.396 e. The molecule has 0 saturated carbocycles. The molecule has 2 aromatic carbocycles. The lowest BCUT2D eigenvalue weighted by molar-refractivity contribution is 0.603. The number of hydrogen-bond acceptors (Lipinski definition) is 5. The molecule has 0 aliphatic carbocycles. The molecule has 0 fully saturated rings. The highest BCUT2D eigenvalue weighted by Gasteiger charge is 2.05. The van der Waals surface area contributed by atoms with Crippen molar-refractivity contribution in [2.45, 2.75) is 19.3 Å². The monoisotopic (exact) mass is 333 g/mol. The van der Waals surface area contributed by atoms with E-state index in [1.165, 1.54) is 5.56 Å². The van der Waals surface area contributed by atoms with Gasteiger partial charge in [0.15, 0.2) is 0 Å². The van der Waals surface area contributed by atoms with Gasteiger partial charge in [-0.15, -0.1) is 0 Å². The average Bonchev–Trinajstić information content (AvgIpc) is 2.65. The van der Waals surface area contributed by atoms with E-state index in [0.717, 1.165) is 31.7 Å². The van der Waals surface area contributed by atoms with Gasteiger partial charge in [0.25, 0.3) is 0 Å². The molecule has 0 heterocycles. The fourth-order valence-electron chi connectivity index (χ4n) is 2.58. The van der Waals surface area contributed by atoms with E-state index in [2.05, 4.69) is 29.7 Å². The van der Waals surface area contributed by atoms with Gasteiger partial charge in [0.2, 0.25) is 0 Å². The Morgan fingerprint density at radius 2 is 1.80 bits per heavy atom. The Kier molecular flexibility index (Phi) is 6.83. The first-order chi connectivity index (χ1) is 12.2. The highest BCUT2D eigenvalue weighted by molar-refractivity contribution is 5.72. The summed E-state index contributed by atoms with van der Waals surface area (Å²) in [5.74, 6) is 0.392. The zero-order valence-electron chi connectivity index (χ0n) is 14.4. The molecule has 128 valence electrons. The van der Waals surface area contributed by atoms with Crippen LogP contribution >= 0.6 is 0 Å². The van der Waals surface area contributed by atoms with Crippen LogP contribution in [0, 0.1) is 22.7 Å². The number of anilines is 2. The summed E-state index contributed by atoms with van der Waals surface area (Å²) in [5, 5.41) is 24.5. The maximum absolute atomic E-state index is 8.98. The maximum Gasteiger partial charge on any atom is 0.101 e. The number of rotatable bonds is 8. The number of nitrogens with two attached hydrogens (primary N) is 1. The molecular weight excluding hydrogens is 310 g/mol.